The van der Waals surface area contributed by atoms with Gasteiger partial charge in [0, 0.05) is 5.56 Å². The van der Waals surface area contributed by atoms with Crippen molar-refractivity contribution in [2.75, 3.05) is 6.79 Å². The van der Waals surface area contributed by atoms with Gasteiger partial charge in [0.25, 0.3) is 0 Å². The molecule has 0 aromatic heterocycles. The zero-order valence-electron chi connectivity index (χ0n) is 12.7. The van der Waals surface area contributed by atoms with Crippen LogP contribution in [0.1, 0.15) is 41.3 Å². The molecule has 1 aliphatic rings. The van der Waals surface area contributed by atoms with Crippen LogP contribution in [0.4, 0.5) is 0 Å². The molecule has 3 nitrogen and oxygen atoms in total. The summed E-state index contributed by atoms with van der Waals surface area (Å²) in [5.74, 6) is 1.92. The van der Waals surface area contributed by atoms with Crippen LogP contribution in [-0.2, 0) is 0 Å². The van der Waals surface area contributed by atoms with E-state index in [1.165, 1.54) is 5.56 Å². The smallest absolute Gasteiger partial charge is 0.231 e. The molecule has 0 aliphatic carbocycles. The minimum absolute atomic E-state index is 0.00651. The Bertz CT molecular complexity index is 712. The summed E-state index contributed by atoms with van der Waals surface area (Å²) >= 11 is 0. The van der Waals surface area contributed by atoms with E-state index in [1.807, 2.05) is 42.5 Å². The maximum absolute atomic E-state index is 12.2. The van der Waals surface area contributed by atoms with Gasteiger partial charge in [-0.05, 0) is 35.3 Å². The fourth-order valence-corrected chi connectivity index (χ4v) is 2.32. The monoisotopic (exact) mass is 294 g/mol. The molecule has 0 fully saturated rings. The van der Waals surface area contributed by atoms with Gasteiger partial charge in [-0.3, -0.25) is 4.79 Å². The molecule has 0 radical (unpaired) electrons. The van der Waals surface area contributed by atoms with Gasteiger partial charge >= 0.3 is 0 Å². The number of carbonyl (C=O) groups is 1. The van der Waals surface area contributed by atoms with Crippen LogP contribution in [0, 0.1) is 0 Å². The number of ether oxygens (including phenoxy) is 2. The molecular weight excluding hydrogens is 276 g/mol. The number of ketones is 1. The first kappa shape index (κ1) is 14.4. The third-order valence-corrected chi connectivity index (χ3v) is 3.69. The summed E-state index contributed by atoms with van der Waals surface area (Å²) in [6.45, 7) is 4.52. The van der Waals surface area contributed by atoms with Gasteiger partial charge in [-0.1, -0.05) is 50.3 Å². The summed E-state index contributed by atoms with van der Waals surface area (Å²) in [6, 6.07) is 13.4. The van der Waals surface area contributed by atoms with Gasteiger partial charge in [-0.15, -0.1) is 0 Å². The zero-order valence-corrected chi connectivity index (χ0v) is 12.7. The van der Waals surface area contributed by atoms with E-state index in [4.69, 9.17) is 9.47 Å². The van der Waals surface area contributed by atoms with Crippen molar-refractivity contribution in [3.05, 3.63) is 65.2 Å². The first-order valence-electron chi connectivity index (χ1n) is 7.35. The van der Waals surface area contributed by atoms with E-state index in [0.29, 0.717) is 11.5 Å². The van der Waals surface area contributed by atoms with E-state index in [9.17, 15) is 4.79 Å². The van der Waals surface area contributed by atoms with Gasteiger partial charge in [-0.25, -0.2) is 0 Å². The molecule has 2 aromatic carbocycles. The van der Waals surface area contributed by atoms with Gasteiger partial charge in [0.05, 0.1) is 0 Å². The molecule has 0 unspecified atom stereocenters. The minimum atomic E-state index is -0.00651. The molecule has 0 N–H and O–H groups in total. The molecule has 22 heavy (non-hydrogen) atoms. The van der Waals surface area contributed by atoms with Crippen LogP contribution < -0.4 is 9.47 Å². The average Bonchev–Trinajstić information content (AvgIpc) is 3.00. The van der Waals surface area contributed by atoms with Gasteiger partial charge in [0.15, 0.2) is 17.3 Å². The van der Waals surface area contributed by atoms with E-state index in [2.05, 4.69) is 13.8 Å². The van der Waals surface area contributed by atoms with Crippen molar-refractivity contribution in [3.8, 4) is 11.5 Å². The molecule has 0 saturated carbocycles. The maximum Gasteiger partial charge on any atom is 0.231 e. The standard InChI is InChI=1S/C19H18O3/c1-13(2)15-5-7-16(8-6-15)17(20)9-3-14-4-10-18-19(11-14)22-12-21-18/h3-11,13H,12H2,1-2H3/b9-3+. The van der Waals surface area contributed by atoms with Crippen LogP contribution in [-0.4, -0.2) is 12.6 Å². The van der Waals surface area contributed by atoms with Gasteiger partial charge in [-0.2, -0.15) is 0 Å². The van der Waals surface area contributed by atoms with Crippen LogP contribution in [0.3, 0.4) is 0 Å². The Morgan fingerprint density at radius 3 is 2.50 bits per heavy atom. The SMILES string of the molecule is CC(C)c1ccc(C(=O)/C=C/c2ccc3c(c2)OCO3)cc1. The minimum Gasteiger partial charge on any atom is -0.454 e. The fraction of sp³-hybridized carbons (Fsp3) is 0.211. The second-order valence-electron chi connectivity index (χ2n) is 5.59. The molecule has 3 heteroatoms. The lowest BCUT2D eigenvalue weighted by atomic mass is 10.0. The lowest BCUT2D eigenvalue weighted by Gasteiger charge is -2.05. The van der Waals surface area contributed by atoms with Crippen LogP contribution >= 0.6 is 0 Å². The van der Waals surface area contributed by atoms with E-state index in [-0.39, 0.29) is 12.6 Å². The Kier molecular flexibility index (Phi) is 3.96. The number of carbonyl (C=O) groups excluding carboxylic acids is 1. The Labute approximate surface area is 130 Å². The molecule has 112 valence electrons. The predicted molar refractivity (Wildman–Crippen MR) is 86.5 cm³/mol. The summed E-state index contributed by atoms with van der Waals surface area (Å²) in [4.78, 5) is 12.2. The van der Waals surface area contributed by atoms with Crippen molar-refractivity contribution in [1.29, 1.82) is 0 Å². The van der Waals surface area contributed by atoms with Crippen molar-refractivity contribution in [1.82, 2.24) is 0 Å². The highest BCUT2D eigenvalue weighted by molar-refractivity contribution is 6.06. The van der Waals surface area contributed by atoms with Gasteiger partial charge in [0.1, 0.15) is 0 Å². The van der Waals surface area contributed by atoms with E-state index in [1.54, 1.807) is 12.2 Å². The number of rotatable bonds is 4. The summed E-state index contributed by atoms with van der Waals surface area (Å²) in [5.41, 5.74) is 2.84. The van der Waals surface area contributed by atoms with E-state index in [0.717, 1.165) is 17.1 Å². The molecule has 1 aliphatic heterocycles. The lowest BCUT2D eigenvalue weighted by molar-refractivity contribution is 0.104. The van der Waals surface area contributed by atoms with Gasteiger partial charge in [0.2, 0.25) is 6.79 Å². The Hall–Kier alpha value is -2.55. The highest BCUT2D eigenvalue weighted by atomic mass is 16.7. The molecular formula is C19H18O3. The fourth-order valence-electron chi connectivity index (χ4n) is 2.32. The molecule has 2 aromatic rings. The zero-order chi connectivity index (χ0) is 15.5. The van der Waals surface area contributed by atoms with Crippen molar-refractivity contribution in [2.24, 2.45) is 0 Å². The number of fused-ring (bicyclic) bond motifs is 1. The first-order chi connectivity index (χ1) is 10.6. The molecule has 0 atom stereocenters. The largest absolute Gasteiger partial charge is 0.454 e. The van der Waals surface area contributed by atoms with Crippen molar-refractivity contribution in [2.45, 2.75) is 19.8 Å². The molecule has 0 saturated heterocycles. The summed E-state index contributed by atoms with van der Waals surface area (Å²) < 4.78 is 10.6. The predicted octanol–water partition coefficient (Wildman–Crippen LogP) is 4.43. The second kappa shape index (κ2) is 6.06. The molecule has 1 heterocycles. The Balaban J connectivity index is 1.73. The third kappa shape index (κ3) is 3.03. The average molecular weight is 294 g/mol. The van der Waals surface area contributed by atoms with Gasteiger partial charge < -0.3 is 9.47 Å². The highest BCUT2D eigenvalue weighted by Gasteiger charge is 2.12. The normalized spacial score (nSPS) is 13.0. The third-order valence-electron chi connectivity index (χ3n) is 3.69. The number of allylic oxidation sites excluding steroid dienone is 1. The molecule has 3 rings (SSSR count). The maximum atomic E-state index is 12.2. The van der Waals surface area contributed by atoms with E-state index >= 15 is 0 Å². The molecule has 0 bridgehead atoms. The van der Waals surface area contributed by atoms with Crippen molar-refractivity contribution < 1.29 is 14.3 Å². The first-order valence-corrected chi connectivity index (χ1v) is 7.35. The number of hydrogen-bond acceptors (Lipinski definition) is 3. The lowest BCUT2D eigenvalue weighted by Crippen LogP contribution is -1.95. The second-order valence-corrected chi connectivity index (χ2v) is 5.59. The quantitative estimate of drug-likeness (QED) is 0.618. The van der Waals surface area contributed by atoms with Crippen LogP contribution in [0.5, 0.6) is 11.5 Å². The number of hydrogen-bond donors (Lipinski definition) is 0. The molecule has 0 spiro atoms. The van der Waals surface area contributed by atoms with E-state index < -0.39 is 0 Å². The number of benzene rings is 2. The molecule has 0 amide bonds. The Morgan fingerprint density at radius 2 is 1.77 bits per heavy atom. The van der Waals surface area contributed by atoms with Crippen LogP contribution in [0.15, 0.2) is 48.5 Å². The summed E-state index contributed by atoms with van der Waals surface area (Å²) in [6.07, 6.45) is 3.38. The highest BCUT2D eigenvalue weighted by Crippen LogP contribution is 2.32. The Morgan fingerprint density at radius 1 is 1.05 bits per heavy atom. The van der Waals surface area contributed by atoms with Crippen LogP contribution in [0.2, 0.25) is 0 Å². The topological polar surface area (TPSA) is 35.5 Å². The van der Waals surface area contributed by atoms with Crippen LogP contribution in [0.25, 0.3) is 6.08 Å². The van der Waals surface area contributed by atoms with Crippen molar-refractivity contribution in [3.63, 3.8) is 0 Å². The van der Waals surface area contributed by atoms with Crippen molar-refractivity contribution >= 4 is 11.9 Å². The summed E-state index contributed by atoms with van der Waals surface area (Å²) in [7, 11) is 0. The summed E-state index contributed by atoms with van der Waals surface area (Å²) in [5, 5.41) is 0.